The molecule has 0 radical (unpaired) electrons. The molecule has 1 aliphatic rings. The molecule has 0 saturated heterocycles. The van der Waals surface area contributed by atoms with E-state index >= 15 is 0 Å². The monoisotopic (exact) mass is 184 g/mol. The van der Waals surface area contributed by atoms with Crippen LogP contribution in [-0.4, -0.2) is 63.3 Å². The first-order valence-corrected chi connectivity index (χ1v) is 5.10. The second kappa shape index (κ2) is 3.43. The summed E-state index contributed by atoms with van der Waals surface area (Å²) in [7, 11) is 9.27. The van der Waals surface area contributed by atoms with Crippen LogP contribution in [0.2, 0.25) is 0 Å². The van der Waals surface area contributed by atoms with Crippen molar-refractivity contribution < 1.29 is 8.97 Å². The number of nitrogens with zero attached hydrogens (tertiary/aromatic N) is 2. The maximum Gasteiger partial charge on any atom is 0.128 e. The molecule has 0 amide bonds. The Morgan fingerprint density at radius 2 is 1.54 bits per heavy atom. The Morgan fingerprint density at radius 3 is 2.15 bits per heavy atom. The highest BCUT2D eigenvalue weighted by Gasteiger charge is 2.24. The van der Waals surface area contributed by atoms with Gasteiger partial charge in [0.05, 0.1) is 41.3 Å². The normalized spacial score (nSPS) is 27.3. The molecule has 0 aliphatic carbocycles. The Hall–Kier alpha value is -0.340. The number of hydrogen-bond donors (Lipinski definition) is 0. The standard InChI is InChI=1S/C11H24N2/c1-11-6-7-12(2,3)8-9-13(4,5)10-11/h6H,7-10H2,1-5H3/q+2. The molecule has 1 rings (SSSR count). The van der Waals surface area contributed by atoms with Gasteiger partial charge in [0.15, 0.2) is 0 Å². The number of likely N-dealkylation sites (N-methyl/N-ethyl adjacent to an activating group) is 2. The second-order valence-corrected chi connectivity index (χ2v) is 5.71. The highest BCUT2D eigenvalue weighted by atomic mass is 15.4. The van der Waals surface area contributed by atoms with Gasteiger partial charge in [0, 0.05) is 0 Å². The van der Waals surface area contributed by atoms with Crippen molar-refractivity contribution in [1.29, 1.82) is 0 Å². The summed E-state index contributed by atoms with van der Waals surface area (Å²) in [6.07, 6.45) is 2.40. The molecule has 2 nitrogen and oxygen atoms in total. The Balaban J connectivity index is 2.77. The molecule has 0 atom stereocenters. The Kier molecular flexibility index (Phi) is 2.83. The third-order valence-corrected chi connectivity index (χ3v) is 2.92. The first-order chi connectivity index (χ1) is 5.81. The molecule has 0 saturated carbocycles. The Morgan fingerprint density at radius 1 is 1.00 bits per heavy atom. The highest BCUT2D eigenvalue weighted by Crippen LogP contribution is 2.11. The summed E-state index contributed by atoms with van der Waals surface area (Å²) in [6.45, 7) is 7.20. The fourth-order valence-corrected chi connectivity index (χ4v) is 1.85. The summed E-state index contributed by atoms with van der Waals surface area (Å²) < 4.78 is 2.25. The van der Waals surface area contributed by atoms with Gasteiger partial charge in [-0.05, 0) is 18.6 Å². The molecule has 76 valence electrons. The van der Waals surface area contributed by atoms with Crippen LogP contribution in [0.25, 0.3) is 0 Å². The van der Waals surface area contributed by atoms with Gasteiger partial charge in [-0.1, -0.05) is 0 Å². The number of rotatable bonds is 0. The van der Waals surface area contributed by atoms with E-state index in [1.807, 2.05) is 0 Å². The highest BCUT2D eigenvalue weighted by molar-refractivity contribution is 4.98. The molecule has 1 aliphatic heterocycles. The minimum atomic E-state index is 1.12. The molecule has 0 unspecified atom stereocenters. The summed E-state index contributed by atoms with van der Waals surface area (Å²) >= 11 is 0. The molecule has 0 bridgehead atoms. The second-order valence-electron chi connectivity index (χ2n) is 5.71. The van der Waals surface area contributed by atoms with Gasteiger partial charge >= 0.3 is 0 Å². The molecule has 2 heteroatoms. The summed E-state index contributed by atoms with van der Waals surface area (Å²) in [6, 6.07) is 0. The van der Waals surface area contributed by atoms with E-state index < -0.39 is 0 Å². The van der Waals surface area contributed by atoms with E-state index in [2.05, 4.69) is 41.2 Å². The van der Waals surface area contributed by atoms with E-state index in [0.717, 1.165) is 8.97 Å². The van der Waals surface area contributed by atoms with Gasteiger partial charge in [-0.3, -0.25) is 0 Å². The van der Waals surface area contributed by atoms with E-state index in [4.69, 9.17) is 0 Å². The van der Waals surface area contributed by atoms with E-state index in [0.29, 0.717) is 0 Å². The molecule has 0 aromatic carbocycles. The molecule has 0 N–H and O–H groups in total. The van der Waals surface area contributed by atoms with Crippen LogP contribution in [0.1, 0.15) is 6.92 Å². The van der Waals surface area contributed by atoms with Gasteiger partial charge in [0.2, 0.25) is 0 Å². The predicted molar refractivity (Wildman–Crippen MR) is 57.4 cm³/mol. The van der Waals surface area contributed by atoms with Crippen molar-refractivity contribution in [2.45, 2.75) is 6.92 Å². The van der Waals surface area contributed by atoms with E-state index in [1.54, 1.807) is 0 Å². The SMILES string of the molecule is CC1=CC[N+](C)(C)CC[N+](C)(C)C1. The zero-order valence-corrected chi connectivity index (χ0v) is 9.80. The van der Waals surface area contributed by atoms with Crippen LogP contribution in [0, 0.1) is 0 Å². The van der Waals surface area contributed by atoms with Gasteiger partial charge in [0.25, 0.3) is 0 Å². The van der Waals surface area contributed by atoms with Gasteiger partial charge < -0.3 is 8.97 Å². The average molecular weight is 184 g/mol. The lowest BCUT2D eigenvalue weighted by molar-refractivity contribution is -0.943. The first-order valence-electron chi connectivity index (χ1n) is 5.10. The third-order valence-electron chi connectivity index (χ3n) is 2.92. The van der Waals surface area contributed by atoms with Gasteiger partial charge in [0.1, 0.15) is 13.1 Å². The van der Waals surface area contributed by atoms with Crippen LogP contribution in [0.15, 0.2) is 11.6 Å². The molecule has 0 aromatic rings. The lowest BCUT2D eigenvalue weighted by Gasteiger charge is -2.37. The maximum atomic E-state index is 2.40. The maximum absolute atomic E-state index is 2.40. The Labute approximate surface area is 82.6 Å². The zero-order valence-electron chi connectivity index (χ0n) is 9.80. The van der Waals surface area contributed by atoms with Crippen molar-refractivity contribution >= 4 is 0 Å². The number of quaternary nitrogens is 2. The van der Waals surface area contributed by atoms with Crippen LogP contribution >= 0.6 is 0 Å². The minimum absolute atomic E-state index is 1.12. The van der Waals surface area contributed by atoms with Crippen molar-refractivity contribution in [3.63, 3.8) is 0 Å². The lowest BCUT2D eigenvalue weighted by atomic mass is 10.2. The summed E-state index contributed by atoms with van der Waals surface area (Å²) in [5, 5.41) is 0. The van der Waals surface area contributed by atoms with Crippen molar-refractivity contribution in [3.8, 4) is 0 Å². The van der Waals surface area contributed by atoms with Crippen LogP contribution in [-0.2, 0) is 0 Å². The summed E-state index contributed by atoms with van der Waals surface area (Å²) in [4.78, 5) is 0. The van der Waals surface area contributed by atoms with Crippen LogP contribution in [0.5, 0.6) is 0 Å². The molecular weight excluding hydrogens is 160 g/mol. The van der Waals surface area contributed by atoms with Gasteiger partial charge in [-0.15, -0.1) is 0 Å². The summed E-state index contributed by atoms with van der Waals surface area (Å²) in [5.41, 5.74) is 1.54. The van der Waals surface area contributed by atoms with Gasteiger partial charge in [-0.2, -0.15) is 0 Å². The molecule has 13 heavy (non-hydrogen) atoms. The molecule has 0 aromatic heterocycles. The van der Waals surface area contributed by atoms with Crippen molar-refractivity contribution in [2.24, 2.45) is 0 Å². The molecule has 0 fully saturated rings. The zero-order chi connectivity index (χ0) is 10.1. The predicted octanol–water partition coefficient (Wildman–Crippen LogP) is 1.10. The first kappa shape index (κ1) is 10.7. The minimum Gasteiger partial charge on any atom is -0.321 e. The fraction of sp³-hybridized carbons (Fsp3) is 0.818. The lowest BCUT2D eigenvalue weighted by Crippen LogP contribution is -2.52. The van der Waals surface area contributed by atoms with Crippen LogP contribution in [0.4, 0.5) is 0 Å². The topological polar surface area (TPSA) is 0 Å². The van der Waals surface area contributed by atoms with E-state index in [9.17, 15) is 0 Å². The Bertz CT molecular complexity index is 214. The summed E-state index contributed by atoms with van der Waals surface area (Å²) in [5.74, 6) is 0. The molecule has 0 spiro atoms. The van der Waals surface area contributed by atoms with Crippen LogP contribution < -0.4 is 0 Å². The van der Waals surface area contributed by atoms with Crippen molar-refractivity contribution in [2.75, 3.05) is 54.4 Å². The fourth-order valence-electron chi connectivity index (χ4n) is 1.85. The molecular formula is C11H24N2+2. The molecule has 1 heterocycles. The third kappa shape index (κ3) is 3.49. The quantitative estimate of drug-likeness (QED) is 0.391. The van der Waals surface area contributed by atoms with E-state index in [-0.39, 0.29) is 0 Å². The van der Waals surface area contributed by atoms with Crippen molar-refractivity contribution in [3.05, 3.63) is 11.6 Å². The largest absolute Gasteiger partial charge is 0.321 e. The average Bonchev–Trinajstić information content (AvgIpc) is 1.96. The van der Waals surface area contributed by atoms with Gasteiger partial charge in [-0.25, -0.2) is 0 Å². The van der Waals surface area contributed by atoms with E-state index in [1.165, 1.54) is 31.8 Å². The van der Waals surface area contributed by atoms with Crippen LogP contribution in [0.3, 0.4) is 0 Å². The smallest absolute Gasteiger partial charge is 0.128 e. The number of hydrogen-bond acceptors (Lipinski definition) is 0. The van der Waals surface area contributed by atoms with Crippen molar-refractivity contribution in [1.82, 2.24) is 0 Å².